The molecule has 0 saturated heterocycles. The molecule has 1 heterocycles. The lowest BCUT2D eigenvalue weighted by atomic mass is 9.91. The molecule has 1 saturated carbocycles. The Hall–Kier alpha value is -1.40. The van der Waals surface area contributed by atoms with Crippen LogP contribution in [0, 0.1) is 11.8 Å². The molecule has 0 bridgehead atoms. The highest BCUT2D eigenvalue weighted by Crippen LogP contribution is 2.39. The van der Waals surface area contributed by atoms with Gasteiger partial charge in [0.05, 0.1) is 19.8 Å². The van der Waals surface area contributed by atoms with Crippen molar-refractivity contribution in [3.63, 3.8) is 0 Å². The number of hydrogen-bond donors (Lipinski definition) is 1. The van der Waals surface area contributed by atoms with E-state index in [1.807, 2.05) is 12.1 Å². The summed E-state index contributed by atoms with van der Waals surface area (Å²) < 4.78 is 11.1. The van der Waals surface area contributed by atoms with Gasteiger partial charge in [-0.1, -0.05) is 31.2 Å². The van der Waals surface area contributed by atoms with Gasteiger partial charge in [-0.15, -0.1) is 22.9 Å². The van der Waals surface area contributed by atoms with Gasteiger partial charge in [-0.2, -0.15) is 0 Å². The predicted molar refractivity (Wildman–Crippen MR) is 126 cm³/mol. The van der Waals surface area contributed by atoms with Gasteiger partial charge in [0.2, 0.25) is 0 Å². The first-order chi connectivity index (χ1) is 15.1. The van der Waals surface area contributed by atoms with Gasteiger partial charge in [0.1, 0.15) is 11.5 Å². The average Bonchev–Trinajstić information content (AvgIpc) is 3.40. The first kappa shape index (κ1) is 24.2. The van der Waals surface area contributed by atoms with Crippen molar-refractivity contribution in [1.82, 2.24) is 0 Å². The Bertz CT molecular complexity index is 821. The maximum atomic E-state index is 11.9. The Morgan fingerprint density at radius 3 is 2.87 bits per heavy atom. The zero-order valence-electron chi connectivity index (χ0n) is 18.2. The van der Waals surface area contributed by atoms with Crippen molar-refractivity contribution in [1.29, 1.82) is 0 Å². The molecule has 0 amide bonds. The SMILES string of the molecule is CCc1cccc(COC[C@H]2CC[C@@H](Cl)[C@@H]2CCCc2ccc(C(=O)OCCO)s2)c1. The summed E-state index contributed by atoms with van der Waals surface area (Å²) in [5, 5.41) is 9.00. The smallest absolute Gasteiger partial charge is 0.348 e. The lowest BCUT2D eigenvalue weighted by molar-refractivity contribution is 0.0439. The molecule has 1 aromatic carbocycles. The summed E-state index contributed by atoms with van der Waals surface area (Å²) in [5.74, 6) is 0.644. The van der Waals surface area contributed by atoms with Gasteiger partial charge in [-0.3, -0.25) is 0 Å². The minimum atomic E-state index is -0.358. The molecule has 3 rings (SSSR count). The first-order valence-electron chi connectivity index (χ1n) is 11.3. The molecular formula is C25H33ClO4S. The van der Waals surface area contributed by atoms with Crippen molar-refractivity contribution in [3.8, 4) is 0 Å². The van der Waals surface area contributed by atoms with Crippen LogP contribution in [-0.2, 0) is 28.9 Å². The first-order valence-corrected chi connectivity index (χ1v) is 12.5. The maximum absolute atomic E-state index is 11.9. The van der Waals surface area contributed by atoms with Crippen molar-refractivity contribution < 1.29 is 19.4 Å². The fourth-order valence-electron chi connectivity index (χ4n) is 4.33. The maximum Gasteiger partial charge on any atom is 0.348 e. The van der Waals surface area contributed by atoms with Crippen LogP contribution >= 0.6 is 22.9 Å². The third-order valence-corrected chi connectivity index (χ3v) is 7.70. The number of benzene rings is 1. The van der Waals surface area contributed by atoms with Crippen molar-refractivity contribution in [2.24, 2.45) is 11.8 Å². The van der Waals surface area contributed by atoms with E-state index in [-0.39, 0.29) is 24.6 Å². The highest BCUT2D eigenvalue weighted by atomic mass is 35.5. The monoisotopic (exact) mass is 464 g/mol. The van der Waals surface area contributed by atoms with Crippen molar-refractivity contribution in [2.45, 2.75) is 57.4 Å². The minimum absolute atomic E-state index is 0.0400. The molecule has 0 aliphatic heterocycles. The third-order valence-electron chi connectivity index (χ3n) is 6.03. The summed E-state index contributed by atoms with van der Waals surface area (Å²) >= 11 is 8.13. The average molecular weight is 465 g/mol. The molecule has 31 heavy (non-hydrogen) atoms. The number of thiophene rings is 1. The number of ether oxygens (including phenoxy) is 2. The summed E-state index contributed by atoms with van der Waals surface area (Å²) in [4.78, 5) is 13.6. The summed E-state index contributed by atoms with van der Waals surface area (Å²) in [6, 6.07) is 12.4. The van der Waals surface area contributed by atoms with Crippen molar-refractivity contribution >= 4 is 28.9 Å². The van der Waals surface area contributed by atoms with Gasteiger partial charge < -0.3 is 14.6 Å². The van der Waals surface area contributed by atoms with E-state index in [1.54, 1.807) is 0 Å². The van der Waals surface area contributed by atoms with Crippen LogP contribution in [0.5, 0.6) is 0 Å². The van der Waals surface area contributed by atoms with Gasteiger partial charge in [0.15, 0.2) is 0 Å². The Labute approximate surface area is 194 Å². The highest BCUT2D eigenvalue weighted by Gasteiger charge is 2.34. The molecule has 4 nitrogen and oxygen atoms in total. The summed E-state index contributed by atoms with van der Waals surface area (Å²) in [7, 11) is 0. The summed E-state index contributed by atoms with van der Waals surface area (Å²) in [6.07, 6.45) is 6.31. The van der Waals surface area contributed by atoms with Crippen molar-refractivity contribution in [3.05, 3.63) is 57.3 Å². The number of esters is 1. The summed E-state index contributed by atoms with van der Waals surface area (Å²) in [6.45, 7) is 3.49. The molecule has 0 radical (unpaired) electrons. The van der Waals surface area contributed by atoms with E-state index in [9.17, 15) is 4.79 Å². The number of aryl methyl sites for hydroxylation is 2. The Balaban J connectivity index is 1.42. The number of carbonyl (C=O) groups is 1. The van der Waals surface area contributed by atoms with Crippen molar-refractivity contribution in [2.75, 3.05) is 19.8 Å². The summed E-state index contributed by atoms with van der Waals surface area (Å²) in [5.41, 5.74) is 2.58. The molecular weight excluding hydrogens is 432 g/mol. The molecule has 2 aromatic rings. The van der Waals surface area contributed by atoms with Crippen LogP contribution in [0.4, 0.5) is 0 Å². The van der Waals surface area contributed by atoms with Crippen LogP contribution in [0.3, 0.4) is 0 Å². The van der Waals surface area contributed by atoms with E-state index in [2.05, 4.69) is 31.2 Å². The minimum Gasteiger partial charge on any atom is -0.459 e. The van der Waals surface area contributed by atoms with Crippen LogP contribution < -0.4 is 0 Å². The Kier molecular flexibility index (Phi) is 9.85. The van der Waals surface area contributed by atoms with E-state index < -0.39 is 0 Å². The van der Waals surface area contributed by atoms with Gasteiger partial charge in [-0.05, 0) is 73.6 Å². The number of hydrogen-bond acceptors (Lipinski definition) is 5. The highest BCUT2D eigenvalue weighted by molar-refractivity contribution is 7.13. The number of aliphatic hydroxyl groups excluding tert-OH is 1. The second kappa shape index (κ2) is 12.6. The molecule has 1 fully saturated rings. The number of aliphatic hydroxyl groups is 1. The standard InChI is InChI=1S/C25H33ClO4S/c1-2-18-5-3-6-19(15-18)16-29-17-20-9-11-23(26)22(20)8-4-7-21-10-12-24(31-21)25(28)30-14-13-27/h3,5-6,10,12,15,20,22-23,27H,2,4,7-9,11,13-14,16-17H2,1H3/t20-,22-,23-/m1/s1. The van der Waals surface area contributed by atoms with E-state index in [0.717, 1.165) is 45.1 Å². The number of rotatable bonds is 12. The number of alkyl halides is 1. The predicted octanol–water partition coefficient (Wildman–Crippen LogP) is 5.63. The van der Waals surface area contributed by atoms with Gasteiger partial charge in [0.25, 0.3) is 0 Å². The number of halogens is 1. The van der Waals surface area contributed by atoms with Crippen LogP contribution in [0.25, 0.3) is 0 Å². The molecule has 0 spiro atoms. The van der Waals surface area contributed by atoms with Gasteiger partial charge in [-0.25, -0.2) is 4.79 Å². The molecule has 6 heteroatoms. The molecule has 1 N–H and O–H groups in total. The zero-order chi connectivity index (χ0) is 22.1. The fraction of sp³-hybridized carbons (Fsp3) is 0.560. The Morgan fingerprint density at radius 1 is 1.23 bits per heavy atom. The van der Waals surface area contributed by atoms with E-state index in [1.165, 1.54) is 27.3 Å². The normalized spacial score (nSPS) is 20.8. The molecule has 170 valence electrons. The number of carbonyl (C=O) groups excluding carboxylic acids is 1. The largest absolute Gasteiger partial charge is 0.459 e. The lowest BCUT2D eigenvalue weighted by Crippen LogP contribution is -2.20. The molecule has 1 aromatic heterocycles. The topological polar surface area (TPSA) is 55.8 Å². The molecule has 1 aliphatic rings. The van der Waals surface area contributed by atoms with E-state index in [0.29, 0.717) is 23.3 Å². The zero-order valence-corrected chi connectivity index (χ0v) is 19.8. The van der Waals surface area contributed by atoms with Gasteiger partial charge in [0, 0.05) is 10.3 Å². The van der Waals surface area contributed by atoms with Crippen LogP contribution in [-0.4, -0.2) is 36.3 Å². The molecule has 0 unspecified atom stereocenters. The second-order valence-corrected chi connectivity index (χ2v) is 9.95. The fourth-order valence-corrected chi connectivity index (χ4v) is 5.73. The second-order valence-electron chi connectivity index (χ2n) is 8.22. The lowest BCUT2D eigenvalue weighted by Gasteiger charge is -2.22. The van der Waals surface area contributed by atoms with Gasteiger partial charge >= 0.3 is 5.97 Å². The van der Waals surface area contributed by atoms with Crippen LogP contribution in [0.2, 0.25) is 0 Å². The van der Waals surface area contributed by atoms with E-state index >= 15 is 0 Å². The Morgan fingerprint density at radius 2 is 2.06 bits per heavy atom. The van der Waals surface area contributed by atoms with Crippen LogP contribution in [0.15, 0.2) is 36.4 Å². The molecule has 3 atom stereocenters. The third kappa shape index (κ3) is 7.31. The van der Waals surface area contributed by atoms with E-state index in [4.69, 9.17) is 26.2 Å². The quantitative estimate of drug-likeness (QED) is 0.326. The molecule has 1 aliphatic carbocycles. The van der Waals surface area contributed by atoms with Crippen LogP contribution in [0.1, 0.15) is 58.3 Å².